The van der Waals surface area contributed by atoms with Crippen molar-refractivity contribution in [3.05, 3.63) is 30.1 Å². The Morgan fingerprint density at radius 2 is 1.95 bits per heavy atom. The molecule has 0 aromatic carbocycles. The summed E-state index contributed by atoms with van der Waals surface area (Å²) in [5.41, 5.74) is 0.466. The van der Waals surface area contributed by atoms with E-state index < -0.39 is 0 Å². The van der Waals surface area contributed by atoms with Crippen LogP contribution in [0.2, 0.25) is 0 Å². The number of amides is 2. The number of pyridine rings is 1. The predicted molar refractivity (Wildman–Crippen MR) is 73.7 cm³/mol. The number of nitrogens with zero attached hydrogens (tertiary/aromatic N) is 2. The molecule has 5 nitrogen and oxygen atoms in total. The second-order valence-electron chi connectivity index (χ2n) is 4.31. The van der Waals surface area contributed by atoms with Crippen LogP contribution >= 0.6 is 0 Å². The zero-order valence-corrected chi connectivity index (χ0v) is 11.6. The highest BCUT2D eigenvalue weighted by atomic mass is 16.2. The molecule has 0 atom stereocenters. The number of nitrogens with one attached hydrogen (secondary N) is 1. The fourth-order valence-corrected chi connectivity index (χ4v) is 1.77. The predicted octanol–water partition coefficient (Wildman–Crippen LogP) is 1.46. The Balaban J connectivity index is 2.46. The third-order valence-corrected chi connectivity index (χ3v) is 2.66. The minimum atomic E-state index is -0.269. The Morgan fingerprint density at radius 1 is 1.26 bits per heavy atom. The molecule has 0 aliphatic carbocycles. The molecule has 0 aliphatic heterocycles. The Hall–Kier alpha value is -1.91. The van der Waals surface area contributed by atoms with E-state index >= 15 is 0 Å². The molecule has 0 radical (unpaired) electrons. The maximum Gasteiger partial charge on any atom is 0.253 e. The highest BCUT2D eigenvalue weighted by molar-refractivity contribution is 5.96. The van der Waals surface area contributed by atoms with Gasteiger partial charge in [0.2, 0.25) is 5.91 Å². The van der Waals surface area contributed by atoms with Gasteiger partial charge in [0.15, 0.2) is 0 Å². The van der Waals surface area contributed by atoms with Crippen LogP contribution in [0.4, 0.5) is 0 Å². The summed E-state index contributed by atoms with van der Waals surface area (Å²) in [4.78, 5) is 29.4. The molecule has 1 N–H and O–H groups in total. The normalized spacial score (nSPS) is 10.0. The largest absolute Gasteiger partial charge is 0.343 e. The van der Waals surface area contributed by atoms with Crippen LogP contribution < -0.4 is 5.32 Å². The lowest BCUT2D eigenvalue weighted by Crippen LogP contribution is -2.41. The number of hydrogen-bond donors (Lipinski definition) is 1. The SMILES string of the molecule is CCCN(CCC)C(=O)CNC(=O)c1cccnc1. The highest BCUT2D eigenvalue weighted by Gasteiger charge is 2.13. The van der Waals surface area contributed by atoms with E-state index in [0.29, 0.717) is 5.56 Å². The minimum Gasteiger partial charge on any atom is -0.343 e. The molecular weight excluding hydrogens is 242 g/mol. The number of aromatic nitrogens is 1. The molecule has 2 amide bonds. The fraction of sp³-hybridized carbons (Fsp3) is 0.500. The molecule has 1 rings (SSSR count). The molecule has 0 aliphatic rings. The second-order valence-corrected chi connectivity index (χ2v) is 4.31. The van der Waals surface area contributed by atoms with Crippen molar-refractivity contribution < 1.29 is 9.59 Å². The van der Waals surface area contributed by atoms with Crippen LogP contribution in [0.15, 0.2) is 24.5 Å². The lowest BCUT2D eigenvalue weighted by molar-refractivity contribution is -0.130. The van der Waals surface area contributed by atoms with Gasteiger partial charge in [-0.3, -0.25) is 14.6 Å². The maximum absolute atomic E-state index is 12.0. The summed E-state index contributed by atoms with van der Waals surface area (Å²) in [5.74, 6) is -0.310. The molecule has 104 valence electrons. The van der Waals surface area contributed by atoms with Gasteiger partial charge in [0.1, 0.15) is 0 Å². The van der Waals surface area contributed by atoms with Crippen molar-refractivity contribution in [2.75, 3.05) is 19.6 Å². The third kappa shape index (κ3) is 5.07. The lowest BCUT2D eigenvalue weighted by Gasteiger charge is -2.21. The van der Waals surface area contributed by atoms with Crippen molar-refractivity contribution >= 4 is 11.8 Å². The van der Waals surface area contributed by atoms with Crippen LogP contribution in [0.25, 0.3) is 0 Å². The first-order valence-corrected chi connectivity index (χ1v) is 6.65. The summed E-state index contributed by atoms with van der Waals surface area (Å²) in [5, 5.41) is 2.63. The molecule has 19 heavy (non-hydrogen) atoms. The Kier molecular flexibility index (Phi) is 6.57. The standard InChI is InChI=1S/C14H21N3O2/c1-3-8-17(9-4-2)13(18)11-16-14(19)12-6-5-7-15-10-12/h5-7,10H,3-4,8-9,11H2,1-2H3,(H,16,19). The van der Waals surface area contributed by atoms with Gasteiger partial charge in [0.05, 0.1) is 12.1 Å². The fourth-order valence-electron chi connectivity index (χ4n) is 1.77. The number of carbonyl (C=O) groups excluding carboxylic acids is 2. The number of rotatable bonds is 7. The summed E-state index contributed by atoms with van der Waals surface area (Å²) in [7, 11) is 0. The Morgan fingerprint density at radius 3 is 2.47 bits per heavy atom. The van der Waals surface area contributed by atoms with Gasteiger partial charge in [-0.1, -0.05) is 13.8 Å². The van der Waals surface area contributed by atoms with Crippen molar-refractivity contribution in [1.29, 1.82) is 0 Å². The number of hydrogen-bond acceptors (Lipinski definition) is 3. The molecule has 1 aromatic rings. The monoisotopic (exact) mass is 263 g/mol. The molecule has 1 aromatic heterocycles. The van der Waals surface area contributed by atoms with E-state index in [4.69, 9.17) is 0 Å². The quantitative estimate of drug-likeness (QED) is 0.810. The smallest absolute Gasteiger partial charge is 0.253 e. The van der Waals surface area contributed by atoms with E-state index in [1.54, 1.807) is 23.2 Å². The summed E-state index contributed by atoms with van der Waals surface area (Å²) >= 11 is 0. The molecule has 0 spiro atoms. The van der Waals surface area contributed by atoms with Crippen molar-refractivity contribution in [1.82, 2.24) is 15.2 Å². The van der Waals surface area contributed by atoms with Crippen molar-refractivity contribution in [2.24, 2.45) is 0 Å². The van der Waals surface area contributed by atoms with E-state index in [2.05, 4.69) is 10.3 Å². The molecular formula is C14H21N3O2. The average molecular weight is 263 g/mol. The van der Waals surface area contributed by atoms with E-state index in [-0.39, 0.29) is 18.4 Å². The van der Waals surface area contributed by atoms with Gasteiger partial charge in [-0.15, -0.1) is 0 Å². The second kappa shape index (κ2) is 8.24. The van der Waals surface area contributed by atoms with Crippen LogP contribution in [-0.2, 0) is 4.79 Å². The van der Waals surface area contributed by atoms with Crippen LogP contribution in [0.5, 0.6) is 0 Å². The molecule has 0 fully saturated rings. The summed E-state index contributed by atoms with van der Waals surface area (Å²) in [6.45, 7) is 5.56. The highest BCUT2D eigenvalue weighted by Crippen LogP contribution is 1.97. The van der Waals surface area contributed by atoms with Gasteiger partial charge in [-0.25, -0.2) is 0 Å². The first-order chi connectivity index (χ1) is 9.19. The first kappa shape index (κ1) is 15.1. The lowest BCUT2D eigenvalue weighted by atomic mass is 10.2. The molecule has 0 saturated heterocycles. The van der Waals surface area contributed by atoms with Crippen LogP contribution in [0, 0.1) is 0 Å². The first-order valence-electron chi connectivity index (χ1n) is 6.65. The van der Waals surface area contributed by atoms with Gasteiger partial charge >= 0.3 is 0 Å². The van der Waals surface area contributed by atoms with Gasteiger partial charge in [0, 0.05) is 25.5 Å². The Bertz CT molecular complexity index is 400. The summed E-state index contributed by atoms with van der Waals surface area (Å²) in [6.07, 6.45) is 4.92. The van der Waals surface area contributed by atoms with Gasteiger partial charge in [0.25, 0.3) is 5.91 Å². The topological polar surface area (TPSA) is 62.3 Å². The Labute approximate surface area is 114 Å². The minimum absolute atomic E-state index is 0.0354. The van der Waals surface area contributed by atoms with Crippen molar-refractivity contribution in [2.45, 2.75) is 26.7 Å². The van der Waals surface area contributed by atoms with E-state index in [9.17, 15) is 9.59 Å². The molecule has 0 unspecified atom stereocenters. The zero-order valence-electron chi connectivity index (χ0n) is 11.6. The molecule has 0 saturated carbocycles. The zero-order chi connectivity index (χ0) is 14.1. The maximum atomic E-state index is 12.0. The van der Waals surface area contributed by atoms with Gasteiger partial charge in [-0.2, -0.15) is 0 Å². The summed E-state index contributed by atoms with van der Waals surface area (Å²) in [6, 6.07) is 3.36. The average Bonchev–Trinajstić information content (AvgIpc) is 2.45. The van der Waals surface area contributed by atoms with E-state index in [1.165, 1.54) is 6.20 Å². The van der Waals surface area contributed by atoms with Crippen molar-refractivity contribution in [3.8, 4) is 0 Å². The molecule has 1 heterocycles. The van der Waals surface area contributed by atoms with E-state index in [1.807, 2.05) is 13.8 Å². The molecule has 5 heteroatoms. The number of carbonyl (C=O) groups is 2. The summed E-state index contributed by atoms with van der Waals surface area (Å²) < 4.78 is 0. The van der Waals surface area contributed by atoms with E-state index in [0.717, 1.165) is 25.9 Å². The molecule has 0 bridgehead atoms. The van der Waals surface area contributed by atoms with Crippen LogP contribution in [0.3, 0.4) is 0 Å². The van der Waals surface area contributed by atoms with Gasteiger partial charge in [-0.05, 0) is 25.0 Å². The van der Waals surface area contributed by atoms with Crippen molar-refractivity contribution in [3.63, 3.8) is 0 Å². The van der Waals surface area contributed by atoms with Gasteiger partial charge < -0.3 is 10.2 Å². The van der Waals surface area contributed by atoms with Crippen LogP contribution in [-0.4, -0.2) is 41.3 Å². The third-order valence-electron chi connectivity index (χ3n) is 2.66. The van der Waals surface area contributed by atoms with Crippen LogP contribution in [0.1, 0.15) is 37.0 Å².